The molecule has 0 amide bonds. The molecule has 0 aromatic carbocycles. The minimum Gasteiger partial charge on any atom is -0.388 e. The van der Waals surface area contributed by atoms with Gasteiger partial charge in [-0.15, -0.1) is 0 Å². The van der Waals surface area contributed by atoms with Gasteiger partial charge in [0.05, 0.1) is 24.4 Å². The van der Waals surface area contributed by atoms with Crippen molar-refractivity contribution in [3.05, 3.63) is 0 Å². The molecule has 0 aromatic rings. The number of hydrogen-bond acceptors (Lipinski definition) is 3. The summed E-state index contributed by atoms with van der Waals surface area (Å²) < 4.78 is 5.40. The van der Waals surface area contributed by atoms with Gasteiger partial charge in [-0.1, -0.05) is 12.8 Å². The highest BCUT2D eigenvalue weighted by Crippen LogP contribution is 2.31. The molecule has 1 rings (SSSR count). The van der Waals surface area contributed by atoms with Gasteiger partial charge >= 0.3 is 0 Å². The topological polar surface area (TPSA) is 55.5 Å². The van der Waals surface area contributed by atoms with Crippen LogP contribution in [0.25, 0.3) is 0 Å². The van der Waals surface area contributed by atoms with E-state index >= 15 is 0 Å². The Bertz CT molecular complexity index is 153. The summed E-state index contributed by atoms with van der Waals surface area (Å²) in [5.74, 6) is 0. The summed E-state index contributed by atoms with van der Waals surface area (Å²) >= 11 is 0. The van der Waals surface area contributed by atoms with E-state index in [1.807, 2.05) is 13.8 Å². The molecule has 3 nitrogen and oxygen atoms in total. The van der Waals surface area contributed by atoms with E-state index in [1.165, 1.54) is 0 Å². The Morgan fingerprint density at radius 2 is 1.92 bits per heavy atom. The lowest BCUT2D eigenvalue weighted by molar-refractivity contribution is -0.0269. The Balaban J connectivity index is 2.33. The Labute approximate surface area is 80.3 Å². The van der Waals surface area contributed by atoms with Crippen LogP contribution in [0.2, 0.25) is 0 Å². The molecule has 78 valence electrons. The van der Waals surface area contributed by atoms with E-state index in [4.69, 9.17) is 10.5 Å². The van der Waals surface area contributed by atoms with Gasteiger partial charge in [-0.2, -0.15) is 0 Å². The molecule has 0 heterocycles. The predicted molar refractivity (Wildman–Crippen MR) is 52.5 cm³/mol. The zero-order valence-electron chi connectivity index (χ0n) is 8.62. The molecule has 13 heavy (non-hydrogen) atoms. The van der Waals surface area contributed by atoms with Crippen molar-refractivity contribution < 1.29 is 9.84 Å². The van der Waals surface area contributed by atoms with Crippen LogP contribution in [0, 0.1) is 0 Å². The monoisotopic (exact) mass is 187 g/mol. The largest absolute Gasteiger partial charge is 0.388 e. The first-order valence-corrected chi connectivity index (χ1v) is 5.14. The van der Waals surface area contributed by atoms with Crippen molar-refractivity contribution in [2.24, 2.45) is 5.73 Å². The molecule has 0 spiro atoms. The van der Waals surface area contributed by atoms with Gasteiger partial charge < -0.3 is 15.6 Å². The highest BCUT2D eigenvalue weighted by atomic mass is 16.5. The Kier molecular flexibility index (Phi) is 3.71. The number of nitrogens with two attached hydrogens (primary N) is 1. The summed E-state index contributed by atoms with van der Waals surface area (Å²) in [6, 6.07) is -0.225. The lowest BCUT2D eigenvalue weighted by Crippen LogP contribution is -2.49. The Morgan fingerprint density at radius 1 is 1.38 bits per heavy atom. The second-order valence-corrected chi connectivity index (χ2v) is 4.30. The van der Waals surface area contributed by atoms with Crippen LogP contribution in [-0.4, -0.2) is 29.5 Å². The van der Waals surface area contributed by atoms with Crippen molar-refractivity contribution in [1.82, 2.24) is 0 Å². The Hall–Kier alpha value is -0.120. The quantitative estimate of drug-likeness (QED) is 0.691. The summed E-state index contributed by atoms with van der Waals surface area (Å²) in [5.41, 5.74) is 5.23. The van der Waals surface area contributed by atoms with Gasteiger partial charge in [0.1, 0.15) is 0 Å². The second-order valence-electron chi connectivity index (χ2n) is 4.30. The first-order valence-electron chi connectivity index (χ1n) is 5.14. The number of ether oxygens (including phenoxy) is 1. The summed E-state index contributed by atoms with van der Waals surface area (Å²) in [5, 5.41) is 10.1. The van der Waals surface area contributed by atoms with E-state index in [2.05, 4.69) is 0 Å². The maximum atomic E-state index is 10.1. The van der Waals surface area contributed by atoms with Crippen molar-refractivity contribution in [2.75, 3.05) is 6.61 Å². The normalized spacial score (nSPS) is 23.8. The molecule has 3 N–H and O–H groups in total. The molecule has 1 unspecified atom stereocenters. The van der Waals surface area contributed by atoms with E-state index in [0.717, 1.165) is 25.7 Å². The fourth-order valence-electron chi connectivity index (χ4n) is 1.81. The summed E-state index contributed by atoms with van der Waals surface area (Å²) in [7, 11) is 0. The van der Waals surface area contributed by atoms with E-state index in [0.29, 0.717) is 6.61 Å². The third kappa shape index (κ3) is 2.93. The van der Waals surface area contributed by atoms with Gasteiger partial charge in [-0.05, 0) is 26.7 Å². The molecule has 0 saturated heterocycles. The van der Waals surface area contributed by atoms with Crippen molar-refractivity contribution in [2.45, 2.75) is 57.3 Å². The fraction of sp³-hybridized carbons (Fsp3) is 1.00. The molecule has 1 saturated carbocycles. The van der Waals surface area contributed by atoms with Gasteiger partial charge in [0.2, 0.25) is 0 Å². The molecule has 1 aliphatic rings. The van der Waals surface area contributed by atoms with Crippen molar-refractivity contribution >= 4 is 0 Å². The Morgan fingerprint density at radius 3 is 2.38 bits per heavy atom. The number of rotatable bonds is 4. The number of hydrogen-bond donors (Lipinski definition) is 2. The zero-order valence-corrected chi connectivity index (χ0v) is 8.62. The first kappa shape index (κ1) is 11.0. The maximum Gasteiger partial charge on any atom is 0.0820 e. The molecule has 0 aliphatic heterocycles. The van der Waals surface area contributed by atoms with Crippen molar-refractivity contribution in [1.29, 1.82) is 0 Å². The smallest absolute Gasteiger partial charge is 0.0820 e. The zero-order chi connectivity index (χ0) is 9.90. The lowest BCUT2D eigenvalue weighted by atomic mass is 9.94. The lowest BCUT2D eigenvalue weighted by Gasteiger charge is -2.29. The number of aliphatic hydroxyl groups is 1. The molecule has 1 aliphatic carbocycles. The van der Waals surface area contributed by atoms with Crippen LogP contribution in [0.1, 0.15) is 39.5 Å². The second kappa shape index (κ2) is 4.40. The van der Waals surface area contributed by atoms with Crippen LogP contribution < -0.4 is 5.73 Å². The van der Waals surface area contributed by atoms with Gasteiger partial charge in [0, 0.05) is 0 Å². The van der Waals surface area contributed by atoms with Crippen LogP contribution in [0.5, 0.6) is 0 Å². The van der Waals surface area contributed by atoms with Crippen LogP contribution in [0.3, 0.4) is 0 Å². The molecular formula is C10H21NO2. The first-order chi connectivity index (χ1) is 6.04. The van der Waals surface area contributed by atoms with Gasteiger partial charge in [0.15, 0.2) is 0 Å². The van der Waals surface area contributed by atoms with Crippen molar-refractivity contribution in [3.63, 3.8) is 0 Å². The van der Waals surface area contributed by atoms with Gasteiger partial charge in [0.25, 0.3) is 0 Å². The average molecular weight is 187 g/mol. The van der Waals surface area contributed by atoms with E-state index < -0.39 is 5.60 Å². The van der Waals surface area contributed by atoms with Crippen molar-refractivity contribution in [3.8, 4) is 0 Å². The van der Waals surface area contributed by atoms with Crippen LogP contribution in [0.4, 0.5) is 0 Å². The summed E-state index contributed by atoms with van der Waals surface area (Å²) in [4.78, 5) is 0. The average Bonchev–Trinajstić information content (AvgIpc) is 2.49. The maximum absolute atomic E-state index is 10.1. The van der Waals surface area contributed by atoms with Gasteiger partial charge in [-0.25, -0.2) is 0 Å². The SMILES string of the molecule is CC(C)OCC(N)C1(O)CCCC1. The standard InChI is InChI=1S/C10H21NO2/c1-8(2)13-7-9(11)10(12)5-3-4-6-10/h8-9,12H,3-7,11H2,1-2H3. The molecule has 0 radical (unpaired) electrons. The molecule has 0 bridgehead atoms. The third-order valence-electron chi connectivity index (χ3n) is 2.77. The van der Waals surface area contributed by atoms with Crippen LogP contribution >= 0.6 is 0 Å². The van der Waals surface area contributed by atoms with E-state index in [9.17, 15) is 5.11 Å². The van der Waals surface area contributed by atoms with E-state index in [-0.39, 0.29) is 12.1 Å². The highest BCUT2D eigenvalue weighted by Gasteiger charge is 2.37. The predicted octanol–water partition coefficient (Wildman–Crippen LogP) is 1.04. The minimum absolute atomic E-state index is 0.191. The third-order valence-corrected chi connectivity index (χ3v) is 2.77. The fourth-order valence-corrected chi connectivity index (χ4v) is 1.81. The molecule has 1 fully saturated rings. The molecule has 1 atom stereocenters. The highest BCUT2D eigenvalue weighted by molar-refractivity contribution is 4.93. The van der Waals surface area contributed by atoms with Gasteiger partial charge in [-0.3, -0.25) is 0 Å². The molecule has 3 heteroatoms. The van der Waals surface area contributed by atoms with Crippen LogP contribution in [0.15, 0.2) is 0 Å². The molecule has 0 aromatic heterocycles. The van der Waals surface area contributed by atoms with Crippen LogP contribution in [-0.2, 0) is 4.74 Å². The summed E-state index contributed by atoms with van der Waals surface area (Å²) in [6.07, 6.45) is 4.03. The molecular weight excluding hydrogens is 166 g/mol. The van der Waals surface area contributed by atoms with E-state index in [1.54, 1.807) is 0 Å². The minimum atomic E-state index is -0.658. The summed E-state index contributed by atoms with van der Waals surface area (Å²) in [6.45, 7) is 4.42.